The van der Waals surface area contributed by atoms with E-state index < -0.39 is 0 Å². The fourth-order valence-electron chi connectivity index (χ4n) is 3.08. The summed E-state index contributed by atoms with van der Waals surface area (Å²) in [5.74, 6) is 0.493. The quantitative estimate of drug-likeness (QED) is 0.749. The second kappa shape index (κ2) is 8.06. The van der Waals surface area contributed by atoms with Gasteiger partial charge in [0.25, 0.3) is 0 Å². The predicted octanol–water partition coefficient (Wildman–Crippen LogP) is 4.64. The molecule has 1 aliphatic rings. The van der Waals surface area contributed by atoms with E-state index in [1.54, 1.807) is 12.1 Å². The zero-order chi connectivity index (χ0) is 15.1. The molecular formula is C18H27NO2. The fourth-order valence-corrected chi connectivity index (χ4v) is 3.08. The number of aromatic hydroxyl groups is 1. The van der Waals surface area contributed by atoms with Crippen LogP contribution in [0.1, 0.15) is 63.9 Å². The van der Waals surface area contributed by atoms with Crippen LogP contribution in [0.4, 0.5) is 5.69 Å². The van der Waals surface area contributed by atoms with E-state index in [1.807, 2.05) is 6.07 Å². The number of rotatable bonds is 6. The highest BCUT2D eigenvalue weighted by Crippen LogP contribution is 2.26. The molecule has 0 saturated heterocycles. The van der Waals surface area contributed by atoms with Crippen molar-refractivity contribution in [3.8, 4) is 5.75 Å². The van der Waals surface area contributed by atoms with Crippen LogP contribution in [0.15, 0.2) is 18.2 Å². The van der Waals surface area contributed by atoms with Gasteiger partial charge >= 0.3 is 0 Å². The Bertz CT molecular complexity index is 464. The molecule has 1 fully saturated rings. The number of phenols is 1. The molecule has 0 unspecified atom stereocenters. The number of anilines is 1. The highest BCUT2D eigenvalue weighted by molar-refractivity contribution is 5.92. The van der Waals surface area contributed by atoms with E-state index in [4.69, 9.17) is 0 Å². The summed E-state index contributed by atoms with van der Waals surface area (Å²) < 4.78 is 0. The molecule has 1 aliphatic carbocycles. The number of amides is 1. The van der Waals surface area contributed by atoms with E-state index in [-0.39, 0.29) is 17.6 Å². The Labute approximate surface area is 127 Å². The van der Waals surface area contributed by atoms with Crippen LogP contribution < -0.4 is 5.32 Å². The number of carbonyl (C=O) groups excluding carboxylic acids is 1. The summed E-state index contributed by atoms with van der Waals surface area (Å²) in [6.45, 7) is 2.18. The molecule has 116 valence electrons. The summed E-state index contributed by atoms with van der Waals surface area (Å²) >= 11 is 0. The van der Waals surface area contributed by atoms with Crippen molar-refractivity contribution in [3.05, 3.63) is 23.8 Å². The van der Waals surface area contributed by atoms with Crippen LogP contribution in [0.2, 0.25) is 0 Å². The van der Waals surface area contributed by atoms with Gasteiger partial charge in [-0.1, -0.05) is 39.0 Å². The number of hydrogen-bond acceptors (Lipinski definition) is 2. The van der Waals surface area contributed by atoms with Crippen LogP contribution in [0.5, 0.6) is 5.75 Å². The molecule has 1 saturated carbocycles. The highest BCUT2D eigenvalue weighted by Gasteiger charge is 2.21. The Morgan fingerprint density at radius 1 is 1.19 bits per heavy atom. The number of hydrogen-bond donors (Lipinski definition) is 2. The molecule has 0 atom stereocenters. The SMILES string of the molecule is CCCCCc1cc(O)cc(NC(=O)C2CCCCC2)c1. The molecule has 0 spiro atoms. The Kier molecular flexibility index (Phi) is 6.09. The van der Waals surface area contributed by atoms with Crippen LogP contribution in [-0.2, 0) is 11.2 Å². The first-order valence-corrected chi connectivity index (χ1v) is 8.33. The number of carbonyl (C=O) groups is 1. The average molecular weight is 289 g/mol. The predicted molar refractivity (Wildman–Crippen MR) is 86.5 cm³/mol. The zero-order valence-electron chi connectivity index (χ0n) is 13.0. The third kappa shape index (κ3) is 5.07. The molecule has 0 bridgehead atoms. The van der Waals surface area contributed by atoms with E-state index in [2.05, 4.69) is 12.2 Å². The molecular weight excluding hydrogens is 262 g/mol. The van der Waals surface area contributed by atoms with Gasteiger partial charge < -0.3 is 10.4 Å². The molecule has 0 aromatic heterocycles. The number of nitrogens with one attached hydrogen (secondary N) is 1. The number of unbranched alkanes of at least 4 members (excludes halogenated alkanes) is 2. The standard InChI is InChI=1S/C18H27NO2/c1-2-3-5-8-14-11-16(13-17(20)12-14)19-18(21)15-9-6-4-7-10-15/h11-13,15,20H,2-10H2,1H3,(H,19,21). The first kappa shape index (κ1) is 15.9. The van der Waals surface area contributed by atoms with E-state index in [9.17, 15) is 9.90 Å². The van der Waals surface area contributed by atoms with Crippen molar-refractivity contribution in [3.63, 3.8) is 0 Å². The maximum Gasteiger partial charge on any atom is 0.227 e. The normalized spacial score (nSPS) is 15.9. The minimum Gasteiger partial charge on any atom is -0.508 e. The van der Waals surface area contributed by atoms with Gasteiger partial charge in [0.15, 0.2) is 0 Å². The fraction of sp³-hybridized carbons (Fsp3) is 0.611. The first-order chi connectivity index (χ1) is 10.2. The van der Waals surface area contributed by atoms with Gasteiger partial charge in [0, 0.05) is 17.7 Å². The van der Waals surface area contributed by atoms with Gasteiger partial charge in [-0.15, -0.1) is 0 Å². The molecule has 1 aromatic carbocycles. The van der Waals surface area contributed by atoms with Crippen molar-refractivity contribution in [2.45, 2.75) is 64.7 Å². The van der Waals surface area contributed by atoms with Crippen LogP contribution in [0.25, 0.3) is 0 Å². The minimum absolute atomic E-state index is 0.111. The van der Waals surface area contributed by atoms with Crippen molar-refractivity contribution in [1.82, 2.24) is 0 Å². The van der Waals surface area contributed by atoms with Crippen LogP contribution >= 0.6 is 0 Å². The molecule has 21 heavy (non-hydrogen) atoms. The molecule has 1 aromatic rings. The minimum atomic E-state index is 0.111. The van der Waals surface area contributed by atoms with Gasteiger partial charge in [0.2, 0.25) is 5.91 Å². The first-order valence-electron chi connectivity index (χ1n) is 8.33. The van der Waals surface area contributed by atoms with Crippen molar-refractivity contribution < 1.29 is 9.90 Å². The van der Waals surface area contributed by atoms with Crippen molar-refractivity contribution in [1.29, 1.82) is 0 Å². The van der Waals surface area contributed by atoms with Gasteiger partial charge in [-0.05, 0) is 43.4 Å². The second-order valence-electron chi connectivity index (χ2n) is 6.17. The van der Waals surface area contributed by atoms with Crippen molar-refractivity contribution >= 4 is 11.6 Å². The van der Waals surface area contributed by atoms with Crippen molar-refractivity contribution in [2.24, 2.45) is 5.92 Å². The van der Waals surface area contributed by atoms with Crippen LogP contribution in [-0.4, -0.2) is 11.0 Å². The molecule has 0 aliphatic heterocycles. The molecule has 2 N–H and O–H groups in total. The van der Waals surface area contributed by atoms with Crippen LogP contribution in [0.3, 0.4) is 0 Å². The molecule has 0 radical (unpaired) electrons. The summed E-state index contributed by atoms with van der Waals surface area (Å²) in [5.41, 5.74) is 1.83. The monoisotopic (exact) mass is 289 g/mol. The second-order valence-corrected chi connectivity index (χ2v) is 6.17. The van der Waals surface area contributed by atoms with Gasteiger partial charge in [-0.25, -0.2) is 0 Å². The van der Waals surface area contributed by atoms with E-state index in [1.165, 1.54) is 19.3 Å². The third-order valence-electron chi connectivity index (χ3n) is 4.29. The summed E-state index contributed by atoms with van der Waals surface area (Å²) in [5, 5.41) is 12.8. The van der Waals surface area contributed by atoms with Crippen molar-refractivity contribution in [2.75, 3.05) is 5.32 Å². The topological polar surface area (TPSA) is 49.3 Å². The smallest absolute Gasteiger partial charge is 0.227 e. The summed E-state index contributed by atoms with van der Waals surface area (Å²) in [6.07, 6.45) is 9.99. The van der Waals surface area contributed by atoms with Gasteiger partial charge in [-0.3, -0.25) is 4.79 Å². The number of benzene rings is 1. The van der Waals surface area contributed by atoms with Gasteiger partial charge in [-0.2, -0.15) is 0 Å². The van der Waals surface area contributed by atoms with Crippen LogP contribution in [0, 0.1) is 5.92 Å². The largest absolute Gasteiger partial charge is 0.508 e. The molecule has 1 amide bonds. The lowest BCUT2D eigenvalue weighted by Gasteiger charge is -2.21. The zero-order valence-corrected chi connectivity index (χ0v) is 13.0. The summed E-state index contributed by atoms with van der Waals surface area (Å²) in [6, 6.07) is 5.44. The van der Waals surface area contributed by atoms with Gasteiger partial charge in [0.05, 0.1) is 0 Å². The molecule has 2 rings (SSSR count). The maximum atomic E-state index is 12.3. The lowest BCUT2D eigenvalue weighted by molar-refractivity contribution is -0.120. The Hall–Kier alpha value is -1.51. The van der Waals surface area contributed by atoms with E-state index in [0.29, 0.717) is 0 Å². The summed E-state index contributed by atoms with van der Waals surface area (Å²) in [4.78, 5) is 12.3. The molecule has 0 heterocycles. The number of phenolic OH excluding ortho intramolecular Hbond substituents is 1. The average Bonchev–Trinajstić information content (AvgIpc) is 2.48. The Morgan fingerprint density at radius 3 is 2.67 bits per heavy atom. The summed E-state index contributed by atoms with van der Waals surface area (Å²) in [7, 11) is 0. The third-order valence-corrected chi connectivity index (χ3v) is 4.29. The molecule has 3 nitrogen and oxygen atoms in total. The molecule has 3 heteroatoms. The highest BCUT2D eigenvalue weighted by atomic mass is 16.3. The Balaban J connectivity index is 1.96. The maximum absolute atomic E-state index is 12.3. The Morgan fingerprint density at radius 2 is 1.95 bits per heavy atom. The lowest BCUT2D eigenvalue weighted by Crippen LogP contribution is -2.24. The van der Waals surface area contributed by atoms with E-state index >= 15 is 0 Å². The van der Waals surface area contributed by atoms with Gasteiger partial charge in [0.1, 0.15) is 5.75 Å². The van der Waals surface area contributed by atoms with E-state index in [0.717, 1.165) is 49.8 Å². The number of aryl methyl sites for hydroxylation is 1. The lowest BCUT2D eigenvalue weighted by atomic mass is 9.88.